The molecule has 0 saturated carbocycles. The summed E-state index contributed by atoms with van der Waals surface area (Å²) in [5.74, 6) is 0. The van der Waals surface area contributed by atoms with Gasteiger partial charge in [0.05, 0.1) is 10.8 Å². The van der Waals surface area contributed by atoms with Gasteiger partial charge in [-0.1, -0.05) is 83.2 Å². The Hall–Kier alpha value is -3.39. The van der Waals surface area contributed by atoms with Crippen LogP contribution >= 0.6 is 0 Å². The van der Waals surface area contributed by atoms with E-state index in [1.807, 2.05) is 0 Å². The van der Waals surface area contributed by atoms with E-state index in [0.717, 1.165) is 19.3 Å². The second-order valence-electron chi connectivity index (χ2n) is 13.1. The largest absolute Gasteiger partial charge is 0.296 e. The van der Waals surface area contributed by atoms with E-state index in [1.54, 1.807) is 0 Å². The van der Waals surface area contributed by atoms with Gasteiger partial charge in [0.15, 0.2) is 5.69 Å². The van der Waals surface area contributed by atoms with Gasteiger partial charge in [-0.15, -0.1) is 0 Å². The molecule has 0 saturated heterocycles. The average Bonchev–Trinajstić information content (AvgIpc) is 3.24. The molecule has 192 valence electrons. The molecular weight excluding hydrogens is 460 g/mol. The molecule has 7 rings (SSSR count). The molecule has 0 radical (unpaired) electrons. The van der Waals surface area contributed by atoms with Crippen molar-refractivity contribution in [1.29, 1.82) is 0 Å². The number of fused-ring (bicyclic) bond motifs is 6. The summed E-state index contributed by atoms with van der Waals surface area (Å²) in [4.78, 5) is 0. The molecule has 3 aromatic carbocycles. The van der Waals surface area contributed by atoms with Crippen molar-refractivity contribution >= 4 is 27.3 Å². The normalized spacial score (nSPS) is 22.0. The first kappa shape index (κ1) is 23.7. The molecule has 0 N–H and O–H groups in total. The number of nitrogens with zero attached hydrogens (tertiary/aromatic N) is 2. The summed E-state index contributed by atoms with van der Waals surface area (Å²) >= 11 is 0. The minimum atomic E-state index is -0.0387. The number of pyridine rings is 1. The maximum atomic E-state index is 2.66. The predicted molar refractivity (Wildman–Crippen MR) is 160 cm³/mol. The van der Waals surface area contributed by atoms with E-state index in [1.165, 1.54) is 60.8 Å². The molecule has 1 aliphatic carbocycles. The predicted octanol–water partition coefficient (Wildman–Crippen LogP) is 8.74. The number of allylic oxidation sites excluding steroid dienone is 2. The maximum absolute atomic E-state index is 2.66. The molecule has 2 aliphatic rings. The summed E-state index contributed by atoms with van der Waals surface area (Å²) in [5, 5.41) is 4.18. The lowest BCUT2D eigenvalue weighted by Gasteiger charge is -2.53. The average molecular weight is 500 g/mol. The molecule has 3 heterocycles. The monoisotopic (exact) mass is 499 g/mol. The molecule has 2 unspecified atom stereocenters. The fourth-order valence-corrected chi connectivity index (χ4v) is 8.06. The Kier molecular flexibility index (Phi) is 4.74. The minimum Gasteiger partial charge on any atom is -0.219 e. The highest BCUT2D eigenvalue weighted by Gasteiger charge is 2.62. The Morgan fingerprint density at radius 3 is 2.21 bits per heavy atom. The summed E-state index contributed by atoms with van der Waals surface area (Å²) in [6, 6.07) is 21.0. The van der Waals surface area contributed by atoms with Gasteiger partial charge in [-0.25, -0.2) is 4.57 Å². The Labute approximate surface area is 226 Å². The van der Waals surface area contributed by atoms with Crippen LogP contribution in [0.2, 0.25) is 0 Å². The van der Waals surface area contributed by atoms with E-state index in [9.17, 15) is 0 Å². The SMILES string of the molecule is CCC12C=CC1(CC)[n+]1cc(-c3c(C)cccc3C)n3c4ccc(CC(C)(C)C)cc4c4cccc2c4c31. The van der Waals surface area contributed by atoms with Crippen LogP contribution in [0.4, 0.5) is 0 Å². The van der Waals surface area contributed by atoms with Crippen molar-refractivity contribution in [3.63, 3.8) is 0 Å². The zero-order chi connectivity index (χ0) is 26.6. The van der Waals surface area contributed by atoms with Crippen LogP contribution < -0.4 is 4.57 Å². The second-order valence-corrected chi connectivity index (χ2v) is 13.1. The molecule has 0 amide bonds. The van der Waals surface area contributed by atoms with Gasteiger partial charge in [-0.2, -0.15) is 4.40 Å². The first-order valence-electron chi connectivity index (χ1n) is 14.4. The zero-order valence-electron chi connectivity index (χ0n) is 23.9. The molecular formula is C36H39N2+. The van der Waals surface area contributed by atoms with Crippen molar-refractivity contribution in [3.8, 4) is 11.3 Å². The van der Waals surface area contributed by atoms with Gasteiger partial charge >= 0.3 is 0 Å². The Morgan fingerprint density at radius 2 is 1.58 bits per heavy atom. The fraction of sp³-hybridized carbons (Fsp3) is 0.361. The molecule has 0 spiro atoms. The molecule has 2 aromatic heterocycles. The summed E-state index contributed by atoms with van der Waals surface area (Å²) in [5.41, 5.74) is 11.1. The van der Waals surface area contributed by atoms with Gasteiger partial charge in [0.1, 0.15) is 17.3 Å². The highest BCUT2D eigenvalue weighted by atomic mass is 15.2. The number of benzene rings is 3. The number of hydrogen-bond acceptors (Lipinski definition) is 0. The van der Waals surface area contributed by atoms with E-state index in [0.29, 0.717) is 0 Å². The Morgan fingerprint density at radius 1 is 0.842 bits per heavy atom. The number of aromatic nitrogens is 2. The van der Waals surface area contributed by atoms with Crippen molar-refractivity contribution in [2.24, 2.45) is 5.41 Å². The topological polar surface area (TPSA) is 8.29 Å². The number of aryl methyl sites for hydroxylation is 2. The molecule has 1 aliphatic heterocycles. The van der Waals surface area contributed by atoms with E-state index in [4.69, 9.17) is 0 Å². The molecule has 0 bridgehead atoms. The summed E-state index contributed by atoms with van der Waals surface area (Å²) < 4.78 is 5.26. The van der Waals surface area contributed by atoms with Crippen molar-refractivity contribution in [3.05, 3.63) is 95.2 Å². The van der Waals surface area contributed by atoms with Crippen LogP contribution in [-0.2, 0) is 17.4 Å². The van der Waals surface area contributed by atoms with Gasteiger partial charge in [0, 0.05) is 16.3 Å². The van der Waals surface area contributed by atoms with Crippen molar-refractivity contribution in [1.82, 2.24) is 4.40 Å². The van der Waals surface area contributed by atoms with Crippen molar-refractivity contribution < 1.29 is 4.57 Å². The Bertz CT molecular complexity index is 1810. The minimum absolute atomic E-state index is 0.0233. The molecule has 0 fully saturated rings. The van der Waals surface area contributed by atoms with Gasteiger partial charge in [0.25, 0.3) is 5.65 Å². The van der Waals surface area contributed by atoms with E-state index in [-0.39, 0.29) is 16.4 Å². The summed E-state index contributed by atoms with van der Waals surface area (Å²) in [6.07, 6.45) is 10.7. The van der Waals surface area contributed by atoms with E-state index < -0.39 is 0 Å². The molecule has 2 atom stereocenters. The Balaban J connectivity index is 1.73. The van der Waals surface area contributed by atoms with Crippen LogP contribution in [-0.4, -0.2) is 4.40 Å². The second kappa shape index (κ2) is 7.59. The van der Waals surface area contributed by atoms with Gasteiger partial charge < -0.3 is 0 Å². The first-order chi connectivity index (χ1) is 18.2. The molecule has 2 heteroatoms. The third-order valence-corrected chi connectivity index (χ3v) is 9.71. The third-order valence-electron chi connectivity index (χ3n) is 9.71. The summed E-state index contributed by atoms with van der Waals surface area (Å²) in [6.45, 7) is 16.3. The van der Waals surface area contributed by atoms with Crippen LogP contribution in [0.1, 0.15) is 69.7 Å². The van der Waals surface area contributed by atoms with Crippen LogP contribution in [0.15, 0.2) is 72.9 Å². The van der Waals surface area contributed by atoms with E-state index in [2.05, 4.69) is 130 Å². The van der Waals surface area contributed by atoms with Crippen LogP contribution in [0.25, 0.3) is 38.6 Å². The number of rotatable bonds is 4. The lowest BCUT2D eigenvalue weighted by atomic mass is 9.53. The van der Waals surface area contributed by atoms with Crippen molar-refractivity contribution in [2.75, 3.05) is 0 Å². The first-order valence-corrected chi connectivity index (χ1v) is 14.4. The maximum Gasteiger partial charge on any atom is 0.296 e. The quantitative estimate of drug-likeness (QED) is 0.133. The highest BCUT2D eigenvalue weighted by molar-refractivity contribution is 6.14. The third kappa shape index (κ3) is 2.76. The van der Waals surface area contributed by atoms with E-state index >= 15 is 0 Å². The lowest BCUT2D eigenvalue weighted by molar-refractivity contribution is -0.743. The number of imidazole rings is 1. The van der Waals surface area contributed by atoms with Crippen molar-refractivity contribution in [2.45, 2.75) is 78.7 Å². The molecule has 2 nitrogen and oxygen atoms in total. The smallest absolute Gasteiger partial charge is 0.219 e. The van der Waals surface area contributed by atoms with Gasteiger partial charge in [-0.05, 0) is 79.0 Å². The van der Waals surface area contributed by atoms with Gasteiger partial charge in [0.2, 0.25) is 0 Å². The number of hydrogen-bond donors (Lipinski definition) is 0. The van der Waals surface area contributed by atoms with Crippen LogP contribution in [0, 0.1) is 19.3 Å². The molecule has 5 aromatic rings. The fourth-order valence-electron chi connectivity index (χ4n) is 8.06. The summed E-state index contributed by atoms with van der Waals surface area (Å²) in [7, 11) is 0. The zero-order valence-corrected chi connectivity index (χ0v) is 23.9. The van der Waals surface area contributed by atoms with Crippen LogP contribution in [0.5, 0.6) is 0 Å². The van der Waals surface area contributed by atoms with Gasteiger partial charge in [-0.3, -0.25) is 0 Å². The lowest BCUT2D eigenvalue weighted by Crippen LogP contribution is -2.70. The van der Waals surface area contributed by atoms with Crippen LogP contribution in [0.3, 0.4) is 0 Å². The molecule has 38 heavy (non-hydrogen) atoms. The standard InChI is InChI=1S/C36H39N2/c1-8-35-18-19-36(35,9-2)37-22-30(31-23(3)12-10-13-24(31)4)38-29-17-16-25(21-34(5,6)7)20-27(29)26-14-11-15-28(35)32(26)33(37)38/h10-20,22H,8-9,21H2,1-7H3/q+1. The highest BCUT2D eigenvalue weighted by Crippen LogP contribution is 2.57.